The minimum atomic E-state index is -0.390. The van der Waals surface area contributed by atoms with E-state index in [0.717, 1.165) is 5.56 Å². The van der Waals surface area contributed by atoms with Crippen LogP contribution in [0.25, 0.3) is 0 Å². The summed E-state index contributed by atoms with van der Waals surface area (Å²) in [4.78, 5) is 28.4. The van der Waals surface area contributed by atoms with Gasteiger partial charge in [-0.05, 0) is 55.7 Å². The molecule has 1 amide bonds. The summed E-state index contributed by atoms with van der Waals surface area (Å²) in [6.07, 6.45) is 0.750. The fourth-order valence-electron chi connectivity index (χ4n) is 2.80. The van der Waals surface area contributed by atoms with Gasteiger partial charge in [0.2, 0.25) is 5.91 Å². The van der Waals surface area contributed by atoms with E-state index >= 15 is 0 Å². The maximum Gasteiger partial charge on any atom is 0.266 e. The standard InChI is InChI=1S/C20H22ClN3O3/c1-13-17(14(2)23-20(26)18(13)12-22)8-9-19(25)24(3)10-11-27-16-6-4-15(21)5-7-16/h4-7H,8-11H2,1-3H3,(H,23,26). The van der Waals surface area contributed by atoms with Crippen LogP contribution >= 0.6 is 11.6 Å². The van der Waals surface area contributed by atoms with E-state index in [1.54, 1.807) is 50.1 Å². The molecular weight excluding hydrogens is 366 g/mol. The van der Waals surface area contributed by atoms with Crippen LogP contribution in [0.15, 0.2) is 29.1 Å². The molecule has 0 fully saturated rings. The third-order valence-electron chi connectivity index (χ3n) is 4.44. The lowest BCUT2D eigenvalue weighted by atomic mass is 9.99. The molecule has 1 aromatic carbocycles. The molecule has 0 aliphatic rings. The number of aromatic nitrogens is 1. The van der Waals surface area contributed by atoms with E-state index in [9.17, 15) is 9.59 Å². The van der Waals surface area contributed by atoms with Gasteiger partial charge in [-0.3, -0.25) is 9.59 Å². The highest BCUT2D eigenvalue weighted by atomic mass is 35.5. The maximum absolute atomic E-state index is 12.4. The number of aromatic amines is 1. The molecule has 1 aromatic heterocycles. The van der Waals surface area contributed by atoms with Crippen molar-refractivity contribution in [2.24, 2.45) is 0 Å². The van der Waals surface area contributed by atoms with Gasteiger partial charge >= 0.3 is 0 Å². The maximum atomic E-state index is 12.4. The van der Waals surface area contributed by atoms with Gasteiger partial charge in [-0.15, -0.1) is 0 Å². The predicted molar refractivity (Wildman–Crippen MR) is 104 cm³/mol. The highest BCUT2D eigenvalue weighted by Crippen LogP contribution is 2.16. The molecule has 0 atom stereocenters. The van der Waals surface area contributed by atoms with Gasteiger partial charge in [0, 0.05) is 24.2 Å². The Labute approximate surface area is 163 Å². The smallest absolute Gasteiger partial charge is 0.266 e. The van der Waals surface area contributed by atoms with Crippen LogP contribution < -0.4 is 10.3 Å². The van der Waals surface area contributed by atoms with Crippen molar-refractivity contribution in [3.05, 3.63) is 62.0 Å². The van der Waals surface area contributed by atoms with Crippen LogP contribution in [-0.2, 0) is 11.2 Å². The summed E-state index contributed by atoms with van der Waals surface area (Å²) in [6.45, 7) is 4.34. The van der Waals surface area contributed by atoms with Crippen LogP contribution in [0.4, 0.5) is 0 Å². The molecule has 0 saturated carbocycles. The number of likely N-dealkylation sites (N-methyl/N-ethyl adjacent to an activating group) is 1. The topological polar surface area (TPSA) is 86.2 Å². The van der Waals surface area contributed by atoms with E-state index < -0.39 is 0 Å². The fraction of sp³-hybridized carbons (Fsp3) is 0.350. The molecule has 2 rings (SSSR count). The molecule has 7 heteroatoms. The Bertz CT molecular complexity index is 914. The summed E-state index contributed by atoms with van der Waals surface area (Å²) < 4.78 is 5.60. The van der Waals surface area contributed by atoms with Gasteiger partial charge in [0.1, 0.15) is 24.0 Å². The van der Waals surface area contributed by atoms with Crippen LogP contribution in [-0.4, -0.2) is 36.0 Å². The van der Waals surface area contributed by atoms with Crippen LogP contribution in [0.3, 0.4) is 0 Å². The summed E-state index contributed by atoms with van der Waals surface area (Å²) in [7, 11) is 1.72. The van der Waals surface area contributed by atoms with Gasteiger partial charge in [-0.2, -0.15) is 5.26 Å². The average molecular weight is 388 g/mol. The first-order valence-electron chi connectivity index (χ1n) is 8.58. The zero-order chi connectivity index (χ0) is 20.0. The quantitative estimate of drug-likeness (QED) is 0.791. The van der Waals surface area contributed by atoms with E-state index in [-0.39, 0.29) is 23.5 Å². The van der Waals surface area contributed by atoms with Crippen LogP contribution in [0, 0.1) is 25.2 Å². The summed E-state index contributed by atoms with van der Waals surface area (Å²) in [5.74, 6) is 0.669. The Morgan fingerprint density at radius 2 is 1.96 bits per heavy atom. The van der Waals surface area contributed by atoms with Crippen molar-refractivity contribution in [2.45, 2.75) is 26.7 Å². The van der Waals surface area contributed by atoms with Crippen molar-refractivity contribution in [3.8, 4) is 11.8 Å². The third kappa shape index (κ3) is 5.35. The average Bonchev–Trinajstić information content (AvgIpc) is 2.63. The summed E-state index contributed by atoms with van der Waals surface area (Å²) >= 11 is 5.83. The number of carbonyl (C=O) groups is 1. The van der Waals surface area contributed by atoms with Crippen LogP contribution in [0.1, 0.15) is 28.8 Å². The number of hydrogen-bond acceptors (Lipinski definition) is 4. The number of ether oxygens (including phenoxy) is 1. The lowest BCUT2D eigenvalue weighted by Crippen LogP contribution is -2.31. The van der Waals surface area contributed by atoms with Gasteiger partial charge in [0.15, 0.2) is 0 Å². The SMILES string of the molecule is Cc1[nH]c(=O)c(C#N)c(C)c1CCC(=O)N(C)CCOc1ccc(Cl)cc1. The minimum Gasteiger partial charge on any atom is -0.492 e. The molecule has 142 valence electrons. The molecular formula is C20H22ClN3O3. The molecule has 0 radical (unpaired) electrons. The number of hydrogen-bond donors (Lipinski definition) is 1. The molecule has 6 nitrogen and oxygen atoms in total. The van der Waals surface area contributed by atoms with Crippen molar-refractivity contribution in [2.75, 3.05) is 20.2 Å². The number of nitriles is 1. The van der Waals surface area contributed by atoms with Gasteiger partial charge in [0.05, 0.1) is 6.54 Å². The molecule has 0 aliphatic heterocycles. The molecule has 27 heavy (non-hydrogen) atoms. The first-order chi connectivity index (χ1) is 12.8. The molecule has 0 saturated heterocycles. The Morgan fingerprint density at radius 1 is 1.30 bits per heavy atom. The van der Waals surface area contributed by atoms with Gasteiger partial charge < -0.3 is 14.6 Å². The lowest BCUT2D eigenvalue weighted by Gasteiger charge is -2.18. The van der Waals surface area contributed by atoms with Crippen molar-refractivity contribution in [1.82, 2.24) is 9.88 Å². The number of aryl methyl sites for hydroxylation is 1. The molecule has 0 aliphatic carbocycles. The molecule has 1 heterocycles. The van der Waals surface area contributed by atoms with E-state index in [2.05, 4.69) is 4.98 Å². The van der Waals surface area contributed by atoms with E-state index in [1.807, 2.05) is 6.07 Å². The second-order valence-corrected chi connectivity index (χ2v) is 6.72. The number of carbonyl (C=O) groups excluding carboxylic acids is 1. The van der Waals surface area contributed by atoms with Gasteiger partial charge in [-0.1, -0.05) is 11.6 Å². The molecule has 0 bridgehead atoms. The summed E-state index contributed by atoms with van der Waals surface area (Å²) in [6, 6.07) is 8.97. The highest BCUT2D eigenvalue weighted by molar-refractivity contribution is 6.30. The normalized spacial score (nSPS) is 10.3. The minimum absolute atomic E-state index is 0.0294. The Kier molecular flexibility index (Phi) is 7.03. The highest BCUT2D eigenvalue weighted by Gasteiger charge is 2.15. The van der Waals surface area contributed by atoms with Crippen molar-refractivity contribution < 1.29 is 9.53 Å². The van der Waals surface area contributed by atoms with Crippen molar-refractivity contribution >= 4 is 17.5 Å². The van der Waals surface area contributed by atoms with Gasteiger partial charge in [-0.25, -0.2) is 0 Å². The van der Waals surface area contributed by atoms with E-state index in [4.69, 9.17) is 21.6 Å². The van der Waals surface area contributed by atoms with E-state index in [1.165, 1.54) is 0 Å². The van der Waals surface area contributed by atoms with Crippen molar-refractivity contribution in [3.63, 3.8) is 0 Å². The summed E-state index contributed by atoms with van der Waals surface area (Å²) in [5.41, 5.74) is 1.88. The number of nitrogens with zero attached hydrogens (tertiary/aromatic N) is 2. The molecule has 0 unspecified atom stereocenters. The number of benzene rings is 1. The number of H-pyrrole nitrogens is 1. The number of nitrogens with one attached hydrogen (secondary N) is 1. The van der Waals surface area contributed by atoms with Gasteiger partial charge in [0.25, 0.3) is 5.56 Å². The number of rotatable bonds is 7. The Morgan fingerprint density at radius 3 is 2.59 bits per heavy atom. The number of pyridine rings is 1. The first kappa shape index (κ1) is 20.5. The Hall–Kier alpha value is -2.78. The van der Waals surface area contributed by atoms with Crippen molar-refractivity contribution in [1.29, 1.82) is 5.26 Å². The monoisotopic (exact) mass is 387 g/mol. The second kappa shape index (κ2) is 9.24. The number of amides is 1. The molecule has 0 spiro atoms. The zero-order valence-electron chi connectivity index (χ0n) is 15.6. The molecule has 1 N–H and O–H groups in total. The van der Waals surface area contributed by atoms with Crippen LogP contribution in [0.5, 0.6) is 5.75 Å². The predicted octanol–water partition coefficient (Wildman–Crippen LogP) is 2.99. The summed E-state index contributed by atoms with van der Waals surface area (Å²) in [5, 5.41) is 9.76. The first-order valence-corrected chi connectivity index (χ1v) is 8.96. The second-order valence-electron chi connectivity index (χ2n) is 6.29. The fourth-order valence-corrected chi connectivity index (χ4v) is 2.93. The number of halogens is 1. The molecule has 2 aromatic rings. The lowest BCUT2D eigenvalue weighted by molar-refractivity contribution is -0.130. The zero-order valence-corrected chi connectivity index (χ0v) is 16.4. The largest absolute Gasteiger partial charge is 0.492 e. The third-order valence-corrected chi connectivity index (χ3v) is 4.70. The Balaban J connectivity index is 1.89. The van der Waals surface area contributed by atoms with E-state index in [0.29, 0.717) is 41.6 Å². The van der Waals surface area contributed by atoms with Crippen LogP contribution in [0.2, 0.25) is 5.02 Å².